The zero-order valence-electron chi connectivity index (χ0n) is 12.2. The van der Waals surface area contributed by atoms with Crippen molar-refractivity contribution in [1.29, 1.82) is 0 Å². The lowest BCUT2D eigenvalue weighted by atomic mass is 10.1. The number of carbonyl (C=O) groups is 2. The number of benzene rings is 1. The Balaban J connectivity index is 2.91. The quantitative estimate of drug-likeness (QED) is 0.833. The summed E-state index contributed by atoms with van der Waals surface area (Å²) in [5.41, 5.74) is 2.77. The maximum atomic E-state index is 12.2. The molecule has 2 amide bonds. The lowest BCUT2D eigenvalue weighted by molar-refractivity contribution is -0.142. The minimum Gasteiger partial charge on any atom is -0.273 e. The van der Waals surface area contributed by atoms with Crippen LogP contribution in [0.4, 0.5) is 0 Å². The summed E-state index contributed by atoms with van der Waals surface area (Å²) < 4.78 is 0. The number of hydrazine groups is 1. The van der Waals surface area contributed by atoms with E-state index in [-0.39, 0.29) is 17.7 Å². The molecule has 1 rings (SSSR count). The van der Waals surface area contributed by atoms with E-state index in [0.717, 1.165) is 0 Å². The maximum absolute atomic E-state index is 12.2. The van der Waals surface area contributed by atoms with E-state index in [4.69, 9.17) is 0 Å². The van der Waals surface area contributed by atoms with E-state index in [2.05, 4.69) is 5.43 Å². The van der Waals surface area contributed by atoms with Gasteiger partial charge in [-0.2, -0.15) is 0 Å². The number of hydrogen-bond acceptors (Lipinski definition) is 2. The van der Waals surface area contributed by atoms with Crippen LogP contribution in [-0.4, -0.2) is 22.4 Å². The van der Waals surface area contributed by atoms with Crippen LogP contribution in [0.2, 0.25) is 0 Å². The standard InChI is InChI=1S/C15H22N2O2/c1-11(2)14(19)17(15(3,4)5)16-13(18)12-9-7-6-8-10-12/h6-11H,1-5H3,(H,16,18). The largest absolute Gasteiger partial charge is 0.273 e. The molecule has 104 valence electrons. The highest BCUT2D eigenvalue weighted by Crippen LogP contribution is 2.14. The SMILES string of the molecule is CC(C)C(=O)N(NC(=O)c1ccccc1)C(C)(C)C. The van der Waals surface area contributed by atoms with Crippen molar-refractivity contribution in [1.82, 2.24) is 10.4 Å². The molecule has 0 heterocycles. The van der Waals surface area contributed by atoms with Crippen molar-refractivity contribution >= 4 is 11.8 Å². The molecule has 19 heavy (non-hydrogen) atoms. The summed E-state index contributed by atoms with van der Waals surface area (Å²) in [6, 6.07) is 8.87. The van der Waals surface area contributed by atoms with Crippen molar-refractivity contribution in [3.63, 3.8) is 0 Å². The Bertz CT molecular complexity index is 447. The van der Waals surface area contributed by atoms with Crippen LogP contribution in [0.25, 0.3) is 0 Å². The van der Waals surface area contributed by atoms with E-state index in [1.807, 2.05) is 40.7 Å². The zero-order valence-corrected chi connectivity index (χ0v) is 12.2. The van der Waals surface area contributed by atoms with Gasteiger partial charge in [0.15, 0.2) is 0 Å². The second-order valence-electron chi connectivity index (χ2n) is 5.81. The molecule has 0 atom stereocenters. The van der Waals surface area contributed by atoms with Crippen LogP contribution in [0, 0.1) is 5.92 Å². The zero-order chi connectivity index (χ0) is 14.6. The smallest absolute Gasteiger partial charge is 0.269 e. The predicted molar refractivity (Wildman–Crippen MR) is 75.3 cm³/mol. The molecule has 4 heteroatoms. The summed E-state index contributed by atoms with van der Waals surface area (Å²) in [6.07, 6.45) is 0. The first-order valence-electron chi connectivity index (χ1n) is 6.43. The van der Waals surface area contributed by atoms with Gasteiger partial charge in [0.25, 0.3) is 5.91 Å². The number of nitrogens with zero attached hydrogens (tertiary/aromatic N) is 1. The molecule has 0 aromatic heterocycles. The number of amides is 2. The lowest BCUT2D eigenvalue weighted by Crippen LogP contribution is -2.57. The van der Waals surface area contributed by atoms with Gasteiger partial charge in [-0.15, -0.1) is 0 Å². The fraction of sp³-hybridized carbons (Fsp3) is 0.467. The van der Waals surface area contributed by atoms with Gasteiger partial charge in [0.1, 0.15) is 0 Å². The summed E-state index contributed by atoms with van der Waals surface area (Å²) in [5.74, 6) is -0.545. The second kappa shape index (κ2) is 5.87. The number of carbonyl (C=O) groups excluding carboxylic acids is 2. The molecule has 0 saturated heterocycles. The maximum Gasteiger partial charge on any atom is 0.269 e. The number of hydrogen-bond donors (Lipinski definition) is 1. The monoisotopic (exact) mass is 262 g/mol. The van der Waals surface area contributed by atoms with Crippen molar-refractivity contribution in [2.75, 3.05) is 0 Å². The second-order valence-corrected chi connectivity index (χ2v) is 5.81. The van der Waals surface area contributed by atoms with Gasteiger partial charge in [0, 0.05) is 11.5 Å². The summed E-state index contributed by atoms with van der Waals surface area (Å²) in [5, 5.41) is 1.41. The average molecular weight is 262 g/mol. The Hall–Kier alpha value is -1.84. The molecular formula is C15H22N2O2. The molecule has 4 nitrogen and oxygen atoms in total. The summed E-state index contributed by atoms with van der Waals surface area (Å²) >= 11 is 0. The van der Waals surface area contributed by atoms with Gasteiger partial charge in [0.2, 0.25) is 5.91 Å². The average Bonchev–Trinajstić information content (AvgIpc) is 2.34. The molecule has 0 fully saturated rings. The highest BCUT2D eigenvalue weighted by Gasteiger charge is 2.30. The molecule has 0 aliphatic rings. The minimum atomic E-state index is -0.466. The Morgan fingerprint density at radius 1 is 1.11 bits per heavy atom. The van der Waals surface area contributed by atoms with Crippen LogP contribution >= 0.6 is 0 Å². The Morgan fingerprint density at radius 2 is 1.63 bits per heavy atom. The number of rotatable bonds is 2. The van der Waals surface area contributed by atoms with Crippen LogP contribution in [-0.2, 0) is 4.79 Å². The summed E-state index contributed by atoms with van der Waals surface area (Å²) in [7, 11) is 0. The molecular weight excluding hydrogens is 240 g/mol. The highest BCUT2D eigenvalue weighted by atomic mass is 16.2. The third-order valence-electron chi connectivity index (χ3n) is 2.63. The van der Waals surface area contributed by atoms with E-state index in [9.17, 15) is 9.59 Å². The van der Waals surface area contributed by atoms with E-state index in [1.165, 1.54) is 5.01 Å². The van der Waals surface area contributed by atoms with Crippen molar-refractivity contribution in [2.24, 2.45) is 5.92 Å². The van der Waals surface area contributed by atoms with Crippen LogP contribution < -0.4 is 5.43 Å². The fourth-order valence-corrected chi connectivity index (χ4v) is 1.57. The molecule has 1 N–H and O–H groups in total. The van der Waals surface area contributed by atoms with E-state index >= 15 is 0 Å². The molecule has 0 aliphatic heterocycles. The summed E-state index contributed by atoms with van der Waals surface area (Å²) in [4.78, 5) is 24.3. The van der Waals surface area contributed by atoms with Crippen molar-refractivity contribution in [2.45, 2.75) is 40.2 Å². The van der Waals surface area contributed by atoms with Gasteiger partial charge in [-0.25, -0.2) is 5.01 Å². The van der Waals surface area contributed by atoms with Gasteiger partial charge in [0.05, 0.1) is 5.54 Å². The molecule has 0 unspecified atom stereocenters. The fourth-order valence-electron chi connectivity index (χ4n) is 1.57. The van der Waals surface area contributed by atoms with Gasteiger partial charge >= 0.3 is 0 Å². The van der Waals surface area contributed by atoms with Crippen LogP contribution in [0.1, 0.15) is 45.0 Å². The molecule has 1 aromatic rings. The Kier molecular flexibility index (Phi) is 4.70. The topological polar surface area (TPSA) is 49.4 Å². The van der Waals surface area contributed by atoms with Gasteiger partial charge in [-0.05, 0) is 32.9 Å². The molecule has 0 bridgehead atoms. The lowest BCUT2D eigenvalue weighted by Gasteiger charge is -2.36. The van der Waals surface area contributed by atoms with Gasteiger partial charge in [-0.3, -0.25) is 15.0 Å². The third-order valence-corrected chi connectivity index (χ3v) is 2.63. The third kappa shape index (κ3) is 4.09. The molecule has 0 saturated carbocycles. The summed E-state index contributed by atoms with van der Waals surface area (Å²) in [6.45, 7) is 9.29. The Labute approximate surface area is 114 Å². The molecule has 0 radical (unpaired) electrons. The van der Waals surface area contributed by atoms with Crippen LogP contribution in [0.15, 0.2) is 30.3 Å². The first-order valence-corrected chi connectivity index (χ1v) is 6.43. The van der Waals surface area contributed by atoms with Crippen molar-refractivity contribution < 1.29 is 9.59 Å². The van der Waals surface area contributed by atoms with E-state index < -0.39 is 5.54 Å². The van der Waals surface area contributed by atoms with Crippen molar-refractivity contribution in [3.05, 3.63) is 35.9 Å². The molecule has 0 spiro atoms. The molecule has 0 aliphatic carbocycles. The Morgan fingerprint density at radius 3 is 2.05 bits per heavy atom. The van der Waals surface area contributed by atoms with Crippen LogP contribution in [0.5, 0.6) is 0 Å². The van der Waals surface area contributed by atoms with Gasteiger partial charge < -0.3 is 0 Å². The van der Waals surface area contributed by atoms with E-state index in [0.29, 0.717) is 5.56 Å². The van der Waals surface area contributed by atoms with Crippen molar-refractivity contribution in [3.8, 4) is 0 Å². The first-order chi connectivity index (χ1) is 8.73. The van der Waals surface area contributed by atoms with Crippen LogP contribution in [0.3, 0.4) is 0 Å². The molecule has 1 aromatic carbocycles. The highest BCUT2D eigenvalue weighted by molar-refractivity contribution is 5.95. The minimum absolute atomic E-state index is 0.100. The normalized spacial score (nSPS) is 11.3. The number of nitrogens with one attached hydrogen (secondary N) is 1. The van der Waals surface area contributed by atoms with Gasteiger partial charge in [-0.1, -0.05) is 32.0 Å². The van der Waals surface area contributed by atoms with E-state index in [1.54, 1.807) is 24.3 Å². The predicted octanol–water partition coefficient (Wildman–Crippen LogP) is 2.61. The first kappa shape index (κ1) is 15.2.